The zero-order valence-corrected chi connectivity index (χ0v) is 31.0. The van der Waals surface area contributed by atoms with Crippen LogP contribution < -0.4 is 9.64 Å². The largest absolute Gasteiger partial charge is 0.496 e. The molecule has 12 nitrogen and oxygen atoms in total. The van der Waals surface area contributed by atoms with Gasteiger partial charge in [-0.15, -0.1) is 5.10 Å². The zero-order valence-electron chi connectivity index (χ0n) is 29.5. The number of pyridine rings is 1. The summed E-state index contributed by atoms with van der Waals surface area (Å²) in [7, 11) is 1.57. The average Bonchev–Trinajstić information content (AvgIpc) is 3.93. The average molecular weight is 752 g/mol. The van der Waals surface area contributed by atoms with Crippen LogP contribution in [0.25, 0.3) is 16.7 Å². The molecular weight excluding hydrogens is 711 g/mol. The number of anilines is 1. The maximum atomic E-state index is 14.2. The van der Waals surface area contributed by atoms with Gasteiger partial charge in [0, 0.05) is 44.3 Å². The highest BCUT2D eigenvalue weighted by atomic mass is 35.5. The van der Waals surface area contributed by atoms with Gasteiger partial charge in [0.1, 0.15) is 12.1 Å². The summed E-state index contributed by atoms with van der Waals surface area (Å²) in [6.07, 6.45) is 6.00. The summed E-state index contributed by atoms with van der Waals surface area (Å²) in [5, 5.41) is 12.5. The van der Waals surface area contributed by atoms with Crippen molar-refractivity contribution < 1.29 is 9.53 Å². The molecule has 2 aliphatic rings. The molecule has 14 heteroatoms. The summed E-state index contributed by atoms with van der Waals surface area (Å²) in [5.74, 6) is 1.38. The number of carbonyl (C=O) groups is 1. The molecule has 2 aliphatic heterocycles. The Morgan fingerprint density at radius 3 is 2.62 bits per heavy atom. The van der Waals surface area contributed by atoms with Crippen LogP contribution in [0.5, 0.6) is 5.75 Å². The molecule has 2 saturated heterocycles. The SMILES string of the molecule is COc1ccc(-n2cnnn2)cc1C(=O)N1CCC(CCN2CCCN(c3nc4ccccc4n3Cc3ccccn3)CC2)(c2ccc(Cl)c(Cl)c2)C1. The number of para-hydroxylation sites is 2. The summed E-state index contributed by atoms with van der Waals surface area (Å²) in [6.45, 7) is 6.30. The van der Waals surface area contributed by atoms with Gasteiger partial charge in [0.2, 0.25) is 5.95 Å². The van der Waals surface area contributed by atoms with Crippen molar-refractivity contribution in [2.45, 2.75) is 31.2 Å². The van der Waals surface area contributed by atoms with Gasteiger partial charge in [-0.3, -0.25) is 9.78 Å². The Labute approximate surface area is 317 Å². The number of methoxy groups -OCH3 is 1. The topological polar surface area (TPSA) is 110 Å². The first-order valence-corrected chi connectivity index (χ1v) is 18.6. The second kappa shape index (κ2) is 15.1. The lowest BCUT2D eigenvalue weighted by molar-refractivity contribution is 0.0777. The molecule has 0 spiro atoms. The second-order valence-corrected chi connectivity index (χ2v) is 14.6. The fourth-order valence-electron chi connectivity index (χ4n) is 7.79. The minimum absolute atomic E-state index is 0.0993. The maximum absolute atomic E-state index is 14.2. The predicted molar refractivity (Wildman–Crippen MR) is 205 cm³/mol. The lowest BCUT2D eigenvalue weighted by Gasteiger charge is -2.33. The van der Waals surface area contributed by atoms with Crippen LogP contribution in [0.4, 0.5) is 5.95 Å². The predicted octanol–water partition coefficient (Wildman–Crippen LogP) is 6.16. The van der Waals surface area contributed by atoms with E-state index in [2.05, 4.69) is 65.2 Å². The summed E-state index contributed by atoms with van der Waals surface area (Å²) in [4.78, 5) is 30.9. The van der Waals surface area contributed by atoms with Crippen molar-refractivity contribution in [3.05, 3.63) is 118 Å². The number of halogens is 2. The monoisotopic (exact) mass is 750 g/mol. The number of hydrogen-bond donors (Lipinski definition) is 0. The fraction of sp³-hybridized carbons (Fsp3) is 0.333. The normalized spacial score (nSPS) is 18.1. The van der Waals surface area contributed by atoms with Crippen molar-refractivity contribution in [2.75, 3.05) is 57.8 Å². The molecule has 0 bridgehead atoms. The molecule has 1 atom stereocenters. The van der Waals surface area contributed by atoms with E-state index in [1.807, 2.05) is 47.5 Å². The van der Waals surface area contributed by atoms with Crippen LogP contribution in [-0.4, -0.2) is 103 Å². The van der Waals surface area contributed by atoms with E-state index in [0.29, 0.717) is 46.7 Å². The minimum Gasteiger partial charge on any atom is -0.496 e. The molecule has 1 unspecified atom stereocenters. The smallest absolute Gasteiger partial charge is 0.257 e. The van der Waals surface area contributed by atoms with Crippen LogP contribution >= 0.6 is 23.2 Å². The zero-order chi connectivity index (χ0) is 36.4. The van der Waals surface area contributed by atoms with E-state index in [-0.39, 0.29) is 11.3 Å². The number of benzene rings is 3. The number of fused-ring (bicyclic) bond motifs is 1. The van der Waals surface area contributed by atoms with Gasteiger partial charge < -0.3 is 24.0 Å². The Morgan fingerprint density at radius 1 is 0.925 bits per heavy atom. The lowest BCUT2D eigenvalue weighted by atomic mass is 9.76. The van der Waals surface area contributed by atoms with Crippen LogP contribution in [0.15, 0.2) is 91.4 Å². The molecule has 272 valence electrons. The van der Waals surface area contributed by atoms with Gasteiger partial charge in [-0.1, -0.05) is 47.5 Å². The van der Waals surface area contributed by atoms with Crippen LogP contribution in [0, 0.1) is 0 Å². The van der Waals surface area contributed by atoms with Gasteiger partial charge in [-0.2, -0.15) is 0 Å². The molecule has 0 saturated carbocycles. The molecular formula is C39H40Cl2N10O2. The molecule has 3 aromatic heterocycles. The number of ether oxygens (including phenoxy) is 1. The Balaban J connectivity index is 1.01. The Morgan fingerprint density at radius 2 is 1.81 bits per heavy atom. The number of rotatable bonds is 10. The highest BCUT2D eigenvalue weighted by molar-refractivity contribution is 6.42. The van der Waals surface area contributed by atoms with Crippen molar-refractivity contribution in [2.24, 2.45) is 0 Å². The molecule has 0 radical (unpaired) electrons. The van der Waals surface area contributed by atoms with Gasteiger partial charge in [-0.05, 0) is 103 Å². The highest BCUT2D eigenvalue weighted by Crippen LogP contribution is 2.41. The van der Waals surface area contributed by atoms with E-state index in [1.165, 1.54) is 11.0 Å². The van der Waals surface area contributed by atoms with E-state index in [9.17, 15) is 4.79 Å². The van der Waals surface area contributed by atoms with E-state index >= 15 is 0 Å². The number of amides is 1. The first-order valence-electron chi connectivity index (χ1n) is 17.9. The number of carbonyl (C=O) groups excluding carboxylic acids is 1. The summed E-state index contributed by atoms with van der Waals surface area (Å²) in [6, 6.07) is 25.7. The van der Waals surface area contributed by atoms with Gasteiger partial charge in [0.25, 0.3) is 5.91 Å². The van der Waals surface area contributed by atoms with E-state index in [4.69, 9.17) is 32.9 Å². The molecule has 53 heavy (non-hydrogen) atoms. The molecule has 0 aliphatic carbocycles. The maximum Gasteiger partial charge on any atom is 0.257 e. The fourth-order valence-corrected chi connectivity index (χ4v) is 8.09. The molecule has 5 heterocycles. The first-order chi connectivity index (χ1) is 25.9. The molecule has 8 rings (SSSR count). The summed E-state index contributed by atoms with van der Waals surface area (Å²) in [5.41, 5.74) is 5.03. The minimum atomic E-state index is -0.312. The first kappa shape index (κ1) is 35.0. The standard InChI is InChI=1S/C39H40Cl2N10O2/c1-53-36-13-11-30(51-27-43-45-46-51)24-31(36)37(52)49-20-15-39(26-49,28-10-12-32(40)33(41)23-28)14-19-47-17-6-18-48(22-21-47)38-44-34-8-2-3-9-35(34)50(38)25-29-7-4-5-16-42-29/h2-5,7-13,16,23-24,27H,6,14-15,17-22,25-26H2,1H3. The molecule has 2 fully saturated rings. The van der Waals surface area contributed by atoms with Crippen molar-refractivity contribution in [3.63, 3.8) is 0 Å². The lowest BCUT2D eigenvalue weighted by Crippen LogP contribution is -2.39. The Hall–Kier alpha value is -5.04. The van der Waals surface area contributed by atoms with Crippen LogP contribution in [0.2, 0.25) is 10.0 Å². The third-order valence-electron chi connectivity index (χ3n) is 10.7. The van der Waals surface area contributed by atoms with E-state index in [1.54, 1.807) is 19.2 Å². The van der Waals surface area contributed by atoms with Crippen LogP contribution in [0.3, 0.4) is 0 Å². The van der Waals surface area contributed by atoms with Gasteiger partial charge in [0.05, 0.1) is 51.7 Å². The van der Waals surface area contributed by atoms with Crippen molar-refractivity contribution in [1.82, 2.24) is 44.5 Å². The number of tetrazole rings is 1. The number of aromatic nitrogens is 7. The number of imidazole rings is 1. The Bertz CT molecular complexity index is 2210. The van der Waals surface area contributed by atoms with Crippen LogP contribution in [0.1, 0.15) is 40.9 Å². The summed E-state index contributed by atoms with van der Waals surface area (Å²) >= 11 is 13.0. The van der Waals surface area contributed by atoms with Gasteiger partial charge in [-0.25, -0.2) is 9.67 Å². The molecule has 3 aromatic carbocycles. The van der Waals surface area contributed by atoms with Crippen molar-refractivity contribution in [1.29, 1.82) is 0 Å². The number of nitrogens with zero attached hydrogens (tertiary/aromatic N) is 10. The van der Waals surface area contributed by atoms with E-state index < -0.39 is 0 Å². The van der Waals surface area contributed by atoms with Crippen LogP contribution in [-0.2, 0) is 12.0 Å². The number of hydrogen-bond acceptors (Lipinski definition) is 9. The van der Waals surface area contributed by atoms with Crippen molar-refractivity contribution >= 4 is 46.1 Å². The number of likely N-dealkylation sites (tertiary alicyclic amines) is 1. The third-order valence-corrected chi connectivity index (χ3v) is 11.4. The quantitative estimate of drug-likeness (QED) is 0.163. The third kappa shape index (κ3) is 7.18. The van der Waals surface area contributed by atoms with Crippen molar-refractivity contribution in [3.8, 4) is 11.4 Å². The Kier molecular flexibility index (Phi) is 10.00. The van der Waals surface area contributed by atoms with Gasteiger partial charge in [0.15, 0.2) is 0 Å². The molecule has 1 amide bonds. The molecule has 6 aromatic rings. The summed E-state index contributed by atoms with van der Waals surface area (Å²) < 4.78 is 9.46. The second-order valence-electron chi connectivity index (χ2n) is 13.8. The highest BCUT2D eigenvalue weighted by Gasteiger charge is 2.42. The van der Waals surface area contributed by atoms with Gasteiger partial charge >= 0.3 is 0 Å². The van der Waals surface area contributed by atoms with E-state index in [0.717, 1.165) is 80.2 Å². The molecule has 0 N–H and O–H groups in total.